The number of carbonyl (C=O) groups is 1. The van der Waals surface area contributed by atoms with Crippen molar-refractivity contribution in [2.24, 2.45) is 5.73 Å². The number of hydrogen-bond donors (Lipinski definition) is 2. The number of nitrogens with two attached hydrogens (primary N) is 1. The molecule has 1 atom stereocenters. The van der Waals surface area contributed by atoms with E-state index in [4.69, 9.17) is 5.73 Å². The fourth-order valence-electron chi connectivity index (χ4n) is 3.02. The normalized spacial score (nSPS) is 15.2. The minimum Gasteiger partial charge on any atom is -0.348 e. The maximum atomic E-state index is 12.8. The number of nitrogens with zero attached hydrogens (tertiary/aromatic N) is 2. The van der Waals surface area contributed by atoms with E-state index in [9.17, 15) is 4.79 Å². The molecule has 128 valence electrons. The Kier molecular flexibility index (Phi) is 5.30. The van der Waals surface area contributed by atoms with Gasteiger partial charge < -0.3 is 11.1 Å². The lowest BCUT2D eigenvalue weighted by molar-refractivity contribution is 0.0934. The number of nitrogens with one attached hydrogen (secondary N) is 1. The van der Waals surface area contributed by atoms with Gasteiger partial charge in [-0.15, -0.1) is 0 Å². The number of unbranched alkanes of at least 4 members (excludes halogenated alkanes) is 1. The first-order valence-corrected chi connectivity index (χ1v) is 8.88. The van der Waals surface area contributed by atoms with Crippen molar-refractivity contribution in [1.29, 1.82) is 0 Å². The van der Waals surface area contributed by atoms with Crippen molar-refractivity contribution < 1.29 is 4.79 Å². The summed E-state index contributed by atoms with van der Waals surface area (Å²) < 4.78 is 1.91. The Morgan fingerprint density at radius 1 is 1.38 bits per heavy atom. The summed E-state index contributed by atoms with van der Waals surface area (Å²) in [6.45, 7) is 2.61. The highest BCUT2D eigenvalue weighted by atomic mass is 16.1. The quantitative estimate of drug-likeness (QED) is 0.783. The van der Waals surface area contributed by atoms with Gasteiger partial charge in [-0.3, -0.25) is 4.79 Å². The van der Waals surface area contributed by atoms with E-state index >= 15 is 0 Å². The lowest BCUT2D eigenvalue weighted by Crippen LogP contribution is -2.40. The summed E-state index contributed by atoms with van der Waals surface area (Å²) in [5.41, 5.74) is 8.53. The Hall–Kier alpha value is -2.14. The summed E-state index contributed by atoms with van der Waals surface area (Å²) in [5.74, 6) is 0.381. The second-order valence-corrected chi connectivity index (χ2v) is 6.51. The zero-order valence-electron chi connectivity index (χ0n) is 14.2. The van der Waals surface area contributed by atoms with E-state index in [-0.39, 0.29) is 11.9 Å². The number of hydrogen-bond acceptors (Lipinski definition) is 3. The molecule has 1 aromatic carbocycles. The van der Waals surface area contributed by atoms with E-state index in [1.807, 2.05) is 35.0 Å². The first-order chi connectivity index (χ1) is 11.7. The van der Waals surface area contributed by atoms with Crippen molar-refractivity contribution >= 4 is 5.91 Å². The summed E-state index contributed by atoms with van der Waals surface area (Å²) in [4.78, 5) is 12.8. The highest BCUT2D eigenvalue weighted by molar-refractivity contribution is 5.95. The van der Waals surface area contributed by atoms with Crippen LogP contribution in [0.15, 0.2) is 36.5 Å². The highest BCUT2D eigenvalue weighted by Gasteiger charge is 2.33. The molecule has 1 amide bonds. The predicted octanol–water partition coefficient (Wildman–Crippen LogP) is 3.00. The zero-order chi connectivity index (χ0) is 16.9. The number of para-hydroxylation sites is 1. The monoisotopic (exact) mass is 326 g/mol. The molecule has 24 heavy (non-hydrogen) atoms. The molecule has 1 fully saturated rings. The molecule has 0 radical (unpaired) electrons. The van der Waals surface area contributed by atoms with Gasteiger partial charge in [0.05, 0.1) is 23.1 Å². The van der Waals surface area contributed by atoms with Gasteiger partial charge in [0.2, 0.25) is 0 Å². The molecular weight excluding hydrogens is 300 g/mol. The van der Waals surface area contributed by atoms with E-state index in [0.29, 0.717) is 18.0 Å². The van der Waals surface area contributed by atoms with Gasteiger partial charge in [0.1, 0.15) is 0 Å². The maximum Gasteiger partial charge on any atom is 0.255 e. The third-order valence-corrected chi connectivity index (χ3v) is 4.54. The lowest BCUT2D eigenvalue weighted by Gasteiger charge is -2.17. The minimum absolute atomic E-state index is 0.0320. The van der Waals surface area contributed by atoms with Crippen molar-refractivity contribution in [3.05, 3.63) is 47.8 Å². The smallest absolute Gasteiger partial charge is 0.255 e. The van der Waals surface area contributed by atoms with Crippen LogP contribution in [0.25, 0.3) is 5.69 Å². The van der Waals surface area contributed by atoms with Crippen LogP contribution in [0.2, 0.25) is 0 Å². The van der Waals surface area contributed by atoms with E-state index < -0.39 is 0 Å². The Bertz CT molecular complexity index is 676. The SMILES string of the molecule is CCCCC(CN)NC(=O)c1cnn(-c2ccccc2)c1C1CC1. The molecule has 1 aromatic heterocycles. The topological polar surface area (TPSA) is 72.9 Å². The first-order valence-electron chi connectivity index (χ1n) is 8.88. The van der Waals surface area contributed by atoms with Crippen LogP contribution in [-0.2, 0) is 0 Å². The molecule has 1 saturated carbocycles. The molecule has 0 spiro atoms. The summed E-state index contributed by atoms with van der Waals surface area (Å²) >= 11 is 0. The summed E-state index contributed by atoms with van der Waals surface area (Å²) in [7, 11) is 0. The number of carbonyl (C=O) groups excluding carboxylic acids is 1. The van der Waals surface area contributed by atoms with Gasteiger partial charge in [0, 0.05) is 18.5 Å². The molecule has 0 aliphatic heterocycles. The van der Waals surface area contributed by atoms with Gasteiger partial charge in [-0.05, 0) is 31.4 Å². The summed E-state index contributed by atoms with van der Waals surface area (Å²) in [5, 5.41) is 7.58. The van der Waals surface area contributed by atoms with E-state index in [1.165, 1.54) is 0 Å². The van der Waals surface area contributed by atoms with Crippen molar-refractivity contribution in [2.75, 3.05) is 6.54 Å². The van der Waals surface area contributed by atoms with Crippen molar-refractivity contribution in [3.8, 4) is 5.69 Å². The molecule has 1 heterocycles. The minimum atomic E-state index is -0.0503. The van der Waals surface area contributed by atoms with Crippen LogP contribution in [0.5, 0.6) is 0 Å². The average molecular weight is 326 g/mol. The van der Waals surface area contributed by atoms with Crippen LogP contribution < -0.4 is 11.1 Å². The maximum absolute atomic E-state index is 12.8. The van der Waals surface area contributed by atoms with Crippen molar-refractivity contribution in [2.45, 2.75) is 51.0 Å². The fourth-order valence-corrected chi connectivity index (χ4v) is 3.02. The van der Waals surface area contributed by atoms with Crippen LogP contribution in [0.4, 0.5) is 0 Å². The molecule has 3 N–H and O–H groups in total. The van der Waals surface area contributed by atoms with Crippen molar-refractivity contribution in [3.63, 3.8) is 0 Å². The second-order valence-electron chi connectivity index (χ2n) is 6.51. The molecular formula is C19H26N4O. The van der Waals surface area contributed by atoms with Crippen LogP contribution in [0.3, 0.4) is 0 Å². The molecule has 0 saturated heterocycles. The molecule has 2 aromatic rings. The number of amides is 1. The molecule has 5 nitrogen and oxygen atoms in total. The van der Waals surface area contributed by atoms with E-state index in [1.54, 1.807) is 6.20 Å². The second kappa shape index (κ2) is 7.62. The van der Waals surface area contributed by atoms with Gasteiger partial charge in [0.15, 0.2) is 0 Å². The molecule has 1 unspecified atom stereocenters. The Balaban J connectivity index is 1.83. The van der Waals surface area contributed by atoms with Gasteiger partial charge in [-0.2, -0.15) is 5.10 Å². The molecule has 0 bridgehead atoms. The summed E-state index contributed by atoms with van der Waals surface area (Å²) in [6.07, 6.45) is 7.03. The van der Waals surface area contributed by atoms with Crippen LogP contribution in [0, 0.1) is 0 Å². The number of rotatable bonds is 8. The standard InChI is InChI=1S/C19H26N4O/c1-2-3-7-15(12-20)22-19(24)17-13-21-23(18(17)14-10-11-14)16-8-5-4-6-9-16/h4-6,8-9,13-15H,2-3,7,10-12,20H2,1H3,(H,22,24). The predicted molar refractivity (Wildman–Crippen MR) is 95.4 cm³/mol. The largest absolute Gasteiger partial charge is 0.348 e. The van der Waals surface area contributed by atoms with E-state index in [2.05, 4.69) is 17.3 Å². The third-order valence-electron chi connectivity index (χ3n) is 4.54. The molecule has 1 aliphatic rings. The van der Waals surface area contributed by atoms with Gasteiger partial charge >= 0.3 is 0 Å². The average Bonchev–Trinajstić information content (AvgIpc) is 3.36. The van der Waals surface area contributed by atoms with Crippen LogP contribution in [0.1, 0.15) is 61.0 Å². The van der Waals surface area contributed by atoms with Gasteiger partial charge in [0.25, 0.3) is 5.91 Å². The third kappa shape index (κ3) is 3.67. The van der Waals surface area contributed by atoms with Gasteiger partial charge in [-0.25, -0.2) is 4.68 Å². The number of aromatic nitrogens is 2. The van der Waals surface area contributed by atoms with Gasteiger partial charge in [-0.1, -0.05) is 38.0 Å². The molecule has 3 rings (SSSR count). The van der Waals surface area contributed by atoms with Crippen molar-refractivity contribution in [1.82, 2.24) is 15.1 Å². The molecule has 1 aliphatic carbocycles. The fraction of sp³-hybridized carbons (Fsp3) is 0.474. The summed E-state index contributed by atoms with van der Waals surface area (Å²) in [6, 6.07) is 10.0. The van der Waals surface area contributed by atoms with Crippen LogP contribution >= 0.6 is 0 Å². The Morgan fingerprint density at radius 2 is 2.12 bits per heavy atom. The number of benzene rings is 1. The zero-order valence-corrected chi connectivity index (χ0v) is 14.2. The lowest BCUT2D eigenvalue weighted by atomic mass is 10.1. The highest BCUT2D eigenvalue weighted by Crippen LogP contribution is 2.42. The molecule has 5 heteroatoms. The van der Waals surface area contributed by atoms with E-state index in [0.717, 1.165) is 43.5 Å². The first kappa shape index (κ1) is 16.7. The Labute approximate surface area is 143 Å². The Morgan fingerprint density at radius 3 is 2.75 bits per heavy atom. The van der Waals surface area contributed by atoms with Crippen LogP contribution in [-0.4, -0.2) is 28.3 Å².